The van der Waals surface area contributed by atoms with Crippen LogP contribution in [0.1, 0.15) is 19.5 Å². The summed E-state index contributed by atoms with van der Waals surface area (Å²) in [7, 11) is 0. The van der Waals surface area contributed by atoms with Crippen LogP contribution in [0.3, 0.4) is 0 Å². The van der Waals surface area contributed by atoms with E-state index >= 15 is 0 Å². The largest absolute Gasteiger partial charge is 0.462 e. The fourth-order valence-corrected chi connectivity index (χ4v) is 1.72. The second-order valence-corrected chi connectivity index (χ2v) is 4.30. The number of anilines is 1. The highest BCUT2D eigenvalue weighted by Gasteiger charge is 2.34. The van der Waals surface area contributed by atoms with Gasteiger partial charge in [0.05, 0.1) is 6.61 Å². The number of carbonyl (C=O) groups is 1. The van der Waals surface area contributed by atoms with Gasteiger partial charge in [-0.3, -0.25) is 0 Å². The maximum atomic E-state index is 11.9. The summed E-state index contributed by atoms with van der Waals surface area (Å²) in [5, 5.41) is 2.95. The monoisotopic (exact) mass is 278 g/mol. The molecule has 20 heavy (non-hydrogen) atoms. The SMILES string of the molecule is CCOC(=O)/C(=C/Nc1cccc(C)n1)C1OC(C)O1. The molecule has 1 fully saturated rings. The Labute approximate surface area is 117 Å². The van der Waals surface area contributed by atoms with Gasteiger partial charge in [0.25, 0.3) is 0 Å². The van der Waals surface area contributed by atoms with Gasteiger partial charge in [-0.25, -0.2) is 9.78 Å². The number of carbonyl (C=O) groups excluding carboxylic acids is 1. The zero-order chi connectivity index (χ0) is 14.5. The molecule has 1 aliphatic rings. The maximum absolute atomic E-state index is 11.9. The van der Waals surface area contributed by atoms with Gasteiger partial charge in [0.15, 0.2) is 12.6 Å². The first-order chi connectivity index (χ1) is 9.60. The van der Waals surface area contributed by atoms with Gasteiger partial charge in [0, 0.05) is 11.9 Å². The van der Waals surface area contributed by atoms with Gasteiger partial charge in [-0.1, -0.05) is 6.07 Å². The summed E-state index contributed by atoms with van der Waals surface area (Å²) >= 11 is 0. The minimum atomic E-state index is -0.693. The fraction of sp³-hybridized carbons (Fsp3) is 0.429. The van der Waals surface area contributed by atoms with E-state index in [1.165, 1.54) is 6.20 Å². The molecule has 6 heteroatoms. The molecule has 1 aromatic rings. The first-order valence-corrected chi connectivity index (χ1v) is 6.48. The molecule has 0 amide bonds. The van der Waals surface area contributed by atoms with Crippen molar-refractivity contribution >= 4 is 11.8 Å². The molecular formula is C14H18N2O4. The molecule has 6 nitrogen and oxygen atoms in total. The molecule has 0 bridgehead atoms. The summed E-state index contributed by atoms with van der Waals surface area (Å²) in [5.41, 5.74) is 1.17. The summed E-state index contributed by atoms with van der Waals surface area (Å²) < 4.78 is 15.6. The Balaban J connectivity index is 2.09. The van der Waals surface area contributed by atoms with Crippen molar-refractivity contribution in [3.05, 3.63) is 35.7 Å². The standard InChI is InChI=1S/C14H18N2O4/c1-4-18-13(17)11(14-19-10(3)20-14)8-15-12-7-5-6-9(2)16-12/h5-8,10,14H,4H2,1-3H3,(H,15,16)/b11-8-. The van der Waals surface area contributed by atoms with E-state index in [1.807, 2.05) is 19.1 Å². The number of nitrogens with zero attached hydrogens (tertiary/aromatic N) is 1. The quantitative estimate of drug-likeness (QED) is 0.656. The molecule has 2 rings (SSSR count). The van der Waals surface area contributed by atoms with E-state index in [4.69, 9.17) is 14.2 Å². The number of hydrogen-bond donors (Lipinski definition) is 1. The van der Waals surface area contributed by atoms with Crippen molar-refractivity contribution in [3.63, 3.8) is 0 Å². The Morgan fingerprint density at radius 1 is 1.50 bits per heavy atom. The Kier molecular flexibility index (Phi) is 4.70. The molecule has 108 valence electrons. The molecule has 0 unspecified atom stereocenters. The molecule has 0 spiro atoms. The number of aromatic nitrogens is 1. The summed E-state index contributed by atoms with van der Waals surface area (Å²) in [6.45, 7) is 5.69. The Morgan fingerprint density at radius 3 is 2.85 bits per heavy atom. The third-order valence-electron chi connectivity index (χ3n) is 2.66. The van der Waals surface area contributed by atoms with Crippen molar-refractivity contribution < 1.29 is 19.0 Å². The van der Waals surface area contributed by atoms with Gasteiger partial charge in [-0.2, -0.15) is 0 Å². The zero-order valence-electron chi connectivity index (χ0n) is 11.8. The van der Waals surface area contributed by atoms with Crippen LogP contribution in [0.25, 0.3) is 0 Å². The van der Waals surface area contributed by atoms with Gasteiger partial charge in [0.2, 0.25) is 0 Å². The van der Waals surface area contributed by atoms with Crippen LogP contribution in [-0.2, 0) is 19.0 Å². The highest BCUT2D eigenvalue weighted by Crippen LogP contribution is 2.24. The summed E-state index contributed by atoms with van der Waals surface area (Å²) in [4.78, 5) is 16.1. The summed E-state index contributed by atoms with van der Waals surface area (Å²) in [6, 6.07) is 5.57. The smallest absolute Gasteiger partial charge is 0.340 e. The van der Waals surface area contributed by atoms with Crippen molar-refractivity contribution in [3.8, 4) is 0 Å². The molecule has 0 aromatic carbocycles. The van der Waals surface area contributed by atoms with Crippen LogP contribution in [-0.4, -0.2) is 30.1 Å². The van der Waals surface area contributed by atoms with Crippen molar-refractivity contribution in [1.29, 1.82) is 0 Å². The van der Waals surface area contributed by atoms with Crippen molar-refractivity contribution in [2.45, 2.75) is 33.4 Å². The first-order valence-electron chi connectivity index (χ1n) is 6.48. The predicted octanol–water partition coefficient (Wildman–Crippen LogP) is 1.97. The second kappa shape index (κ2) is 6.49. The molecule has 0 radical (unpaired) electrons. The molecule has 1 saturated heterocycles. The van der Waals surface area contributed by atoms with Crippen molar-refractivity contribution in [2.75, 3.05) is 11.9 Å². The third kappa shape index (κ3) is 3.55. The van der Waals surface area contributed by atoms with Gasteiger partial charge < -0.3 is 19.5 Å². The van der Waals surface area contributed by atoms with Crippen LogP contribution in [0.5, 0.6) is 0 Å². The van der Waals surface area contributed by atoms with Gasteiger partial charge in [-0.05, 0) is 32.9 Å². The molecule has 0 aliphatic carbocycles. The van der Waals surface area contributed by atoms with Gasteiger partial charge in [-0.15, -0.1) is 0 Å². The van der Waals surface area contributed by atoms with E-state index in [1.54, 1.807) is 19.9 Å². The third-order valence-corrected chi connectivity index (χ3v) is 2.66. The van der Waals surface area contributed by atoms with Crippen molar-refractivity contribution in [1.82, 2.24) is 4.98 Å². The van der Waals surface area contributed by atoms with Crippen LogP contribution < -0.4 is 5.32 Å². The van der Waals surface area contributed by atoms with Crippen LogP contribution in [0.2, 0.25) is 0 Å². The van der Waals surface area contributed by atoms with Crippen LogP contribution in [0.15, 0.2) is 30.0 Å². The molecule has 2 heterocycles. The van der Waals surface area contributed by atoms with E-state index in [0.29, 0.717) is 12.4 Å². The first kappa shape index (κ1) is 14.5. The second-order valence-electron chi connectivity index (χ2n) is 4.30. The summed E-state index contributed by atoms with van der Waals surface area (Å²) in [6.07, 6.45) is 0.507. The highest BCUT2D eigenvalue weighted by molar-refractivity contribution is 5.89. The number of ether oxygens (including phenoxy) is 3. The average molecular weight is 278 g/mol. The molecule has 0 atom stereocenters. The Morgan fingerprint density at radius 2 is 2.25 bits per heavy atom. The number of rotatable bonds is 5. The van der Waals surface area contributed by atoms with Gasteiger partial charge >= 0.3 is 5.97 Å². The van der Waals surface area contributed by atoms with Crippen molar-refractivity contribution in [2.24, 2.45) is 0 Å². The normalized spacial score (nSPS) is 22.1. The lowest BCUT2D eigenvalue weighted by atomic mass is 10.2. The Hall–Kier alpha value is -1.92. The van der Waals surface area contributed by atoms with Crippen LogP contribution in [0.4, 0.5) is 5.82 Å². The maximum Gasteiger partial charge on any atom is 0.340 e. The Bertz CT molecular complexity index is 510. The lowest BCUT2D eigenvalue weighted by Crippen LogP contribution is -2.42. The number of hydrogen-bond acceptors (Lipinski definition) is 6. The number of aryl methyl sites for hydroxylation is 1. The molecular weight excluding hydrogens is 260 g/mol. The number of nitrogens with one attached hydrogen (secondary N) is 1. The highest BCUT2D eigenvalue weighted by atomic mass is 16.9. The zero-order valence-corrected chi connectivity index (χ0v) is 11.8. The molecule has 1 N–H and O–H groups in total. The predicted molar refractivity (Wildman–Crippen MR) is 72.7 cm³/mol. The van der Waals surface area contributed by atoms with E-state index in [0.717, 1.165) is 5.69 Å². The summed E-state index contributed by atoms with van der Waals surface area (Å²) in [5.74, 6) is 0.170. The fourth-order valence-electron chi connectivity index (χ4n) is 1.72. The van der Waals surface area contributed by atoms with Gasteiger partial charge in [0.1, 0.15) is 11.4 Å². The van der Waals surface area contributed by atoms with E-state index in [2.05, 4.69) is 10.3 Å². The number of pyridine rings is 1. The van der Waals surface area contributed by atoms with Crippen LogP contribution >= 0.6 is 0 Å². The minimum Gasteiger partial charge on any atom is -0.462 e. The lowest BCUT2D eigenvalue weighted by molar-refractivity contribution is -0.358. The number of esters is 1. The van der Waals surface area contributed by atoms with E-state index in [-0.39, 0.29) is 11.9 Å². The molecule has 0 saturated carbocycles. The lowest BCUT2D eigenvalue weighted by Gasteiger charge is -2.34. The molecule has 1 aromatic heterocycles. The van der Waals surface area contributed by atoms with Crippen LogP contribution in [0, 0.1) is 6.92 Å². The van der Waals surface area contributed by atoms with E-state index in [9.17, 15) is 4.79 Å². The topological polar surface area (TPSA) is 69.7 Å². The minimum absolute atomic E-state index is 0.285. The molecule has 1 aliphatic heterocycles. The average Bonchev–Trinajstić information content (AvgIpc) is 2.37. The van der Waals surface area contributed by atoms with E-state index < -0.39 is 12.3 Å².